The smallest absolute Gasteiger partial charge is 0.217 e. The minimum absolute atomic E-state index is 0.460. The van der Waals surface area contributed by atoms with Gasteiger partial charge in [-0.25, -0.2) is 0 Å². The number of nitrogens with two attached hydrogens (primary N) is 1. The SMILES string of the molecule is CCCCCCCCCC(OC)(OC)SCCCN. The average molecular weight is 292 g/mol. The van der Waals surface area contributed by atoms with Crippen molar-refractivity contribution in [2.75, 3.05) is 26.5 Å². The van der Waals surface area contributed by atoms with E-state index in [1.165, 1.54) is 44.9 Å². The van der Waals surface area contributed by atoms with Gasteiger partial charge in [0.05, 0.1) is 0 Å². The molecule has 0 unspecified atom stereocenters. The third kappa shape index (κ3) is 9.72. The summed E-state index contributed by atoms with van der Waals surface area (Å²) in [7, 11) is 3.47. The first-order valence-corrected chi connectivity index (χ1v) is 8.67. The maximum Gasteiger partial charge on any atom is 0.217 e. The molecule has 0 aliphatic rings. The van der Waals surface area contributed by atoms with E-state index in [0.29, 0.717) is 0 Å². The van der Waals surface area contributed by atoms with Gasteiger partial charge in [-0.15, -0.1) is 0 Å². The highest BCUT2D eigenvalue weighted by Crippen LogP contribution is 2.33. The molecule has 0 radical (unpaired) electrons. The molecule has 0 heterocycles. The molecule has 0 aliphatic heterocycles. The largest absolute Gasteiger partial charge is 0.345 e. The third-order valence-electron chi connectivity index (χ3n) is 3.38. The van der Waals surface area contributed by atoms with Crippen LogP contribution in [0.15, 0.2) is 0 Å². The normalized spacial score (nSPS) is 12.0. The summed E-state index contributed by atoms with van der Waals surface area (Å²) in [6.07, 6.45) is 11.2. The van der Waals surface area contributed by atoms with E-state index < -0.39 is 5.12 Å². The number of rotatable bonds is 14. The molecule has 0 atom stereocenters. The van der Waals surface area contributed by atoms with Crippen LogP contribution in [0.2, 0.25) is 0 Å². The Morgan fingerprint density at radius 1 is 0.895 bits per heavy atom. The van der Waals surface area contributed by atoms with Crippen LogP contribution in [0.4, 0.5) is 0 Å². The Kier molecular flexibility index (Phi) is 13.4. The number of ether oxygens (including phenoxy) is 2. The number of unbranched alkanes of at least 4 members (excludes halogenated alkanes) is 6. The Hall–Kier alpha value is 0.230. The summed E-state index contributed by atoms with van der Waals surface area (Å²) in [6.45, 7) is 2.98. The summed E-state index contributed by atoms with van der Waals surface area (Å²) in [5.41, 5.74) is 5.53. The van der Waals surface area contributed by atoms with E-state index >= 15 is 0 Å². The molecule has 0 aromatic rings. The lowest BCUT2D eigenvalue weighted by Gasteiger charge is -2.30. The van der Waals surface area contributed by atoms with Crippen molar-refractivity contribution < 1.29 is 9.47 Å². The number of hydrogen-bond donors (Lipinski definition) is 1. The second-order valence-corrected chi connectivity index (χ2v) is 6.27. The first kappa shape index (κ1) is 19.2. The van der Waals surface area contributed by atoms with E-state index in [0.717, 1.165) is 25.1 Å². The highest BCUT2D eigenvalue weighted by molar-refractivity contribution is 8.00. The van der Waals surface area contributed by atoms with Crippen LogP contribution in [0, 0.1) is 0 Å². The van der Waals surface area contributed by atoms with Crippen molar-refractivity contribution in [3.8, 4) is 0 Å². The lowest BCUT2D eigenvalue weighted by molar-refractivity contribution is -0.138. The minimum Gasteiger partial charge on any atom is -0.345 e. The Morgan fingerprint density at radius 2 is 1.47 bits per heavy atom. The lowest BCUT2D eigenvalue weighted by Crippen LogP contribution is -2.30. The van der Waals surface area contributed by atoms with Crippen LogP contribution in [-0.4, -0.2) is 31.6 Å². The van der Waals surface area contributed by atoms with Crippen LogP contribution in [0.1, 0.15) is 64.7 Å². The number of hydrogen-bond acceptors (Lipinski definition) is 4. The fraction of sp³-hybridized carbons (Fsp3) is 1.00. The van der Waals surface area contributed by atoms with Gasteiger partial charge in [0.15, 0.2) is 0 Å². The predicted molar refractivity (Wildman–Crippen MR) is 85.5 cm³/mol. The molecule has 0 rings (SSSR count). The average Bonchev–Trinajstić information content (AvgIpc) is 2.45. The molecule has 0 aromatic heterocycles. The first-order chi connectivity index (χ1) is 9.24. The van der Waals surface area contributed by atoms with Crippen LogP contribution in [-0.2, 0) is 9.47 Å². The number of methoxy groups -OCH3 is 2. The minimum atomic E-state index is -0.460. The van der Waals surface area contributed by atoms with Gasteiger partial charge in [0.25, 0.3) is 0 Å². The molecule has 4 heteroatoms. The molecule has 0 bridgehead atoms. The van der Waals surface area contributed by atoms with E-state index in [-0.39, 0.29) is 0 Å². The summed E-state index contributed by atoms with van der Waals surface area (Å²) in [5.74, 6) is 0.995. The van der Waals surface area contributed by atoms with Gasteiger partial charge >= 0.3 is 0 Å². The van der Waals surface area contributed by atoms with E-state index in [2.05, 4.69) is 6.92 Å². The first-order valence-electron chi connectivity index (χ1n) is 7.69. The molecule has 3 nitrogen and oxygen atoms in total. The molecule has 2 N–H and O–H groups in total. The molecule has 0 aromatic carbocycles. The van der Waals surface area contributed by atoms with Crippen molar-refractivity contribution in [2.45, 2.75) is 69.8 Å². The zero-order valence-corrected chi connectivity index (χ0v) is 13.9. The Bertz CT molecular complexity index is 187. The van der Waals surface area contributed by atoms with Crippen molar-refractivity contribution >= 4 is 11.8 Å². The fourth-order valence-electron chi connectivity index (χ4n) is 2.09. The number of thioether (sulfide) groups is 1. The molecule has 0 saturated heterocycles. The highest BCUT2D eigenvalue weighted by Gasteiger charge is 2.29. The Labute approximate surface area is 124 Å². The van der Waals surface area contributed by atoms with E-state index in [4.69, 9.17) is 15.2 Å². The van der Waals surface area contributed by atoms with Crippen molar-refractivity contribution in [1.82, 2.24) is 0 Å². The van der Waals surface area contributed by atoms with Gasteiger partial charge in [-0.05, 0) is 25.1 Å². The van der Waals surface area contributed by atoms with Crippen molar-refractivity contribution in [1.29, 1.82) is 0 Å². The molecule has 116 valence electrons. The van der Waals surface area contributed by atoms with Gasteiger partial charge in [0.1, 0.15) is 0 Å². The second-order valence-electron chi connectivity index (χ2n) is 4.95. The van der Waals surface area contributed by atoms with E-state index in [9.17, 15) is 0 Å². The van der Waals surface area contributed by atoms with Gasteiger partial charge in [-0.2, -0.15) is 0 Å². The summed E-state index contributed by atoms with van der Waals surface area (Å²) in [5, 5.41) is -0.460. The molecule has 0 fully saturated rings. The van der Waals surface area contributed by atoms with E-state index in [1.54, 1.807) is 26.0 Å². The van der Waals surface area contributed by atoms with Gasteiger partial charge in [0.2, 0.25) is 5.12 Å². The quantitative estimate of drug-likeness (QED) is 0.385. The molecular formula is C15H33NO2S. The topological polar surface area (TPSA) is 44.5 Å². The molecule has 0 spiro atoms. The van der Waals surface area contributed by atoms with Crippen LogP contribution >= 0.6 is 11.8 Å². The molecular weight excluding hydrogens is 258 g/mol. The van der Waals surface area contributed by atoms with Crippen molar-refractivity contribution in [3.05, 3.63) is 0 Å². The zero-order chi connectivity index (χ0) is 14.4. The Morgan fingerprint density at radius 3 is 2.00 bits per heavy atom. The van der Waals surface area contributed by atoms with Crippen LogP contribution in [0.25, 0.3) is 0 Å². The van der Waals surface area contributed by atoms with Gasteiger partial charge < -0.3 is 15.2 Å². The molecule has 0 aliphatic carbocycles. The molecule has 19 heavy (non-hydrogen) atoms. The van der Waals surface area contributed by atoms with Gasteiger partial charge in [0, 0.05) is 20.6 Å². The zero-order valence-electron chi connectivity index (χ0n) is 13.1. The van der Waals surface area contributed by atoms with Crippen molar-refractivity contribution in [2.24, 2.45) is 5.73 Å². The lowest BCUT2D eigenvalue weighted by atomic mass is 10.1. The molecule has 0 saturated carbocycles. The van der Waals surface area contributed by atoms with Crippen LogP contribution in [0.3, 0.4) is 0 Å². The monoisotopic (exact) mass is 291 g/mol. The fourth-order valence-corrected chi connectivity index (χ4v) is 3.23. The molecule has 0 amide bonds. The summed E-state index contributed by atoms with van der Waals surface area (Å²) in [6, 6.07) is 0. The maximum absolute atomic E-state index is 5.58. The summed E-state index contributed by atoms with van der Waals surface area (Å²) in [4.78, 5) is 0. The highest BCUT2D eigenvalue weighted by atomic mass is 32.2. The summed E-state index contributed by atoms with van der Waals surface area (Å²) < 4.78 is 11.2. The van der Waals surface area contributed by atoms with Crippen LogP contribution < -0.4 is 5.73 Å². The van der Waals surface area contributed by atoms with Crippen molar-refractivity contribution in [3.63, 3.8) is 0 Å². The standard InChI is InChI=1S/C15H33NO2S/c1-4-5-6-7-8-9-10-12-15(17-2,18-3)19-14-11-13-16/h4-14,16H2,1-3H3. The maximum atomic E-state index is 5.58. The second kappa shape index (κ2) is 13.2. The van der Waals surface area contributed by atoms with Gasteiger partial charge in [-0.3, -0.25) is 0 Å². The van der Waals surface area contributed by atoms with E-state index in [1.807, 2.05) is 0 Å². The van der Waals surface area contributed by atoms with Gasteiger partial charge in [-0.1, -0.05) is 57.2 Å². The predicted octanol–water partition coefficient (Wildman–Crippen LogP) is 4.16. The third-order valence-corrected chi connectivity index (χ3v) is 4.85. The van der Waals surface area contributed by atoms with Crippen LogP contribution in [0.5, 0.6) is 0 Å². The Balaban J connectivity index is 3.74. The summed E-state index contributed by atoms with van der Waals surface area (Å²) >= 11 is 1.74.